The monoisotopic (exact) mass is 171 g/mol. The van der Waals surface area contributed by atoms with E-state index in [1.165, 1.54) is 6.08 Å². The van der Waals surface area contributed by atoms with Crippen molar-refractivity contribution in [3.63, 3.8) is 0 Å². The van der Waals surface area contributed by atoms with Crippen molar-refractivity contribution >= 4 is 5.97 Å². The van der Waals surface area contributed by atoms with Crippen LogP contribution in [-0.4, -0.2) is 29.1 Å². The number of hydrogen-bond acceptors (Lipinski definition) is 2. The Balaban J connectivity index is 3.73. The van der Waals surface area contributed by atoms with Crippen LogP contribution in [0.15, 0.2) is 12.3 Å². The first-order valence-corrected chi connectivity index (χ1v) is 4.35. The van der Waals surface area contributed by atoms with Crippen LogP contribution in [0.2, 0.25) is 0 Å². The maximum Gasteiger partial charge on any atom is 0.329 e. The van der Waals surface area contributed by atoms with Gasteiger partial charge in [0.1, 0.15) is 0 Å². The van der Waals surface area contributed by atoms with E-state index in [1.807, 2.05) is 11.8 Å². The third-order valence-electron chi connectivity index (χ3n) is 1.63. The van der Waals surface area contributed by atoms with Gasteiger partial charge in [0, 0.05) is 25.4 Å². The maximum atomic E-state index is 10.2. The van der Waals surface area contributed by atoms with Crippen LogP contribution in [0, 0.1) is 0 Å². The third-order valence-corrected chi connectivity index (χ3v) is 1.63. The number of unbranched alkanes of at least 4 members (excludes halogenated alkanes) is 1. The highest BCUT2D eigenvalue weighted by molar-refractivity contribution is 5.79. The zero-order chi connectivity index (χ0) is 9.40. The zero-order valence-corrected chi connectivity index (χ0v) is 7.79. The Kier molecular flexibility index (Phi) is 6.15. The summed E-state index contributed by atoms with van der Waals surface area (Å²) < 4.78 is 0. The number of aliphatic carboxylic acids is 1. The second-order valence-corrected chi connectivity index (χ2v) is 2.64. The van der Waals surface area contributed by atoms with Crippen molar-refractivity contribution < 1.29 is 9.90 Å². The Hall–Kier alpha value is -0.990. The smallest absolute Gasteiger partial charge is 0.329 e. The summed E-state index contributed by atoms with van der Waals surface area (Å²) in [5.74, 6) is -0.884. The predicted molar refractivity (Wildman–Crippen MR) is 48.9 cm³/mol. The molecule has 0 saturated heterocycles. The van der Waals surface area contributed by atoms with Crippen LogP contribution < -0.4 is 0 Å². The second kappa shape index (κ2) is 6.70. The largest absolute Gasteiger partial charge is 0.478 e. The summed E-state index contributed by atoms with van der Waals surface area (Å²) in [5.41, 5.74) is 0. The molecule has 0 radical (unpaired) electrons. The van der Waals surface area contributed by atoms with Gasteiger partial charge in [-0.25, -0.2) is 4.79 Å². The minimum atomic E-state index is -0.884. The van der Waals surface area contributed by atoms with Crippen LogP contribution >= 0.6 is 0 Å². The summed E-state index contributed by atoms with van der Waals surface area (Å²) in [4.78, 5) is 12.2. The molecule has 0 heterocycles. The average Bonchev–Trinajstić information content (AvgIpc) is 2.05. The molecule has 0 aliphatic rings. The normalized spacial score (nSPS) is 10.5. The van der Waals surface area contributed by atoms with E-state index in [0.29, 0.717) is 0 Å². The highest BCUT2D eigenvalue weighted by Crippen LogP contribution is 1.95. The third kappa shape index (κ3) is 5.77. The molecule has 0 bridgehead atoms. The van der Waals surface area contributed by atoms with Gasteiger partial charge in [0.05, 0.1) is 0 Å². The molecule has 0 saturated carbocycles. The first-order valence-electron chi connectivity index (χ1n) is 4.35. The van der Waals surface area contributed by atoms with Crippen molar-refractivity contribution in [2.24, 2.45) is 0 Å². The van der Waals surface area contributed by atoms with Crippen molar-refractivity contribution in [1.29, 1.82) is 0 Å². The van der Waals surface area contributed by atoms with Gasteiger partial charge in [-0.1, -0.05) is 13.3 Å². The van der Waals surface area contributed by atoms with E-state index >= 15 is 0 Å². The molecule has 0 aliphatic heterocycles. The molecule has 70 valence electrons. The lowest BCUT2D eigenvalue weighted by molar-refractivity contribution is -0.131. The summed E-state index contributed by atoms with van der Waals surface area (Å²) in [6.45, 7) is 5.94. The van der Waals surface area contributed by atoms with Gasteiger partial charge in [-0.15, -0.1) is 0 Å². The van der Waals surface area contributed by atoms with Crippen LogP contribution in [0.4, 0.5) is 0 Å². The quantitative estimate of drug-likeness (QED) is 0.618. The molecular formula is C9H17NO2. The first kappa shape index (κ1) is 11.0. The lowest BCUT2D eigenvalue weighted by Crippen LogP contribution is -2.18. The van der Waals surface area contributed by atoms with E-state index in [9.17, 15) is 4.79 Å². The summed E-state index contributed by atoms with van der Waals surface area (Å²) in [7, 11) is 0. The average molecular weight is 171 g/mol. The molecule has 0 spiro atoms. The van der Waals surface area contributed by atoms with Crippen molar-refractivity contribution in [2.75, 3.05) is 13.1 Å². The highest BCUT2D eigenvalue weighted by Gasteiger charge is 1.94. The van der Waals surface area contributed by atoms with Gasteiger partial charge in [0.2, 0.25) is 0 Å². The minimum Gasteiger partial charge on any atom is -0.478 e. The fraction of sp³-hybridized carbons (Fsp3) is 0.667. The highest BCUT2D eigenvalue weighted by atomic mass is 16.4. The van der Waals surface area contributed by atoms with Crippen LogP contribution in [0.1, 0.15) is 26.7 Å². The number of rotatable bonds is 6. The van der Waals surface area contributed by atoms with Gasteiger partial charge in [-0.2, -0.15) is 0 Å². The summed E-state index contributed by atoms with van der Waals surface area (Å²) >= 11 is 0. The van der Waals surface area contributed by atoms with Crippen LogP contribution in [0.3, 0.4) is 0 Å². The van der Waals surface area contributed by atoms with Gasteiger partial charge in [-0.3, -0.25) is 0 Å². The van der Waals surface area contributed by atoms with Crippen LogP contribution in [0.25, 0.3) is 0 Å². The lowest BCUT2D eigenvalue weighted by atomic mass is 10.3. The predicted octanol–water partition coefficient (Wildman–Crippen LogP) is 1.71. The van der Waals surface area contributed by atoms with Crippen LogP contribution in [0.5, 0.6) is 0 Å². The van der Waals surface area contributed by atoms with Crippen molar-refractivity contribution in [3.8, 4) is 0 Å². The molecule has 0 amide bonds. The Morgan fingerprint density at radius 2 is 2.17 bits per heavy atom. The standard InChI is InChI=1S/C9H17NO2/c1-3-5-7-10(4-2)8-6-9(11)12/h6,8H,3-5,7H2,1-2H3,(H,11,12). The zero-order valence-electron chi connectivity index (χ0n) is 7.79. The molecule has 1 N–H and O–H groups in total. The molecule has 0 atom stereocenters. The molecule has 3 nitrogen and oxygen atoms in total. The van der Waals surface area contributed by atoms with E-state index in [4.69, 9.17) is 5.11 Å². The number of hydrogen-bond donors (Lipinski definition) is 1. The molecule has 0 unspecified atom stereocenters. The fourth-order valence-electron chi connectivity index (χ4n) is 0.868. The maximum absolute atomic E-state index is 10.2. The van der Waals surface area contributed by atoms with Gasteiger partial charge in [0.15, 0.2) is 0 Å². The van der Waals surface area contributed by atoms with E-state index in [0.717, 1.165) is 25.9 Å². The molecule has 3 heteroatoms. The molecule has 0 aromatic heterocycles. The number of carboxylic acid groups (broad SMARTS) is 1. The summed E-state index contributed by atoms with van der Waals surface area (Å²) in [6.07, 6.45) is 5.06. The van der Waals surface area contributed by atoms with E-state index < -0.39 is 5.97 Å². The Bertz CT molecular complexity index is 155. The molecular weight excluding hydrogens is 154 g/mol. The van der Waals surface area contributed by atoms with Gasteiger partial charge in [0.25, 0.3) is 0 Å². The fourth-order valence-corrected chi connectivity index (χ4v) is 0.868. The summed E-state index contributed by atoms with van der Waals surface area (Å²) in [5, 5.41) is 8.37. The summed E-state index contributed by atoms with van der Waals surface area (Å²) in [6, 6.07) is 0. The molecule has 0 aliphatic carbocycles. The van der Waals surface area contributed by atoms with Gasteiger partial charge < -0.3 is 10.0 Å². The van der Waals surface area contributed by atoms with Gasteiger partial charge in [-0.05, 0) is 13.3 Å². The van der Waals surface area contributed by atoms with Crippen molar-refractivity contribution in [2.45, 2.75) is 26.7 Å². The van der Waals surface area contributed by atoms with Gasteiger partial charge >= 0.3 is 5.97 Å². The molecule has 0 rings (SSSR count). The Morgan fingerprint density at radius 3 is 2.58 bits per heavy atom. The Morgan fingerprint density at radius 1 is 1.50 bits per heavy atom. The molecule has 12 heavy (non-hydrogen) atoms. The lowest BCUT2D eigenvalue weighted by Gasteiger charge is -2.16. The molecule has 0 aromatic rings. The number of carboxylic acids is 1. The van der Waals surface area contributed by atoms with Crippen molar-refractivity contribution in [3.05, 3.63) is 12.3 Å². The number of nitrogens with zero attached hydrogens (tertiary/aromatic N) is 1. The Labute approximate surface area is 73.7 Å². The topological polar surface area (TPSA) is 40.5 Å². The SMILES string of the molecule is CCCCN(C=CC(=O)O)CC. The second-order valence-electron chi connectivity index (χ2n) is 2.64. The number of carbonyl (C=O) groups is 1. The van der Waals surface area contributed by atoms with E-state index in [-0.39, 0.29) is 0 Å². The minimum absolute atomic E-state index is 0.865. The molecule has 0 aromatic carbocycles. The first-order chi connectivity index (χ1) is 5.70. The van der Waals surface area contributed by atoms with E-state index in [1.54, 1.807) is 6.20 Å². The van der Waals surface area contributed by atoms with Crippen LogP contribution in [-0.2, 0) is 4.79 Å². The van der Waals surface area contributed by atoms with Crippen molar-refractivity contribution in [1.82, 2.24) is 4.90 Å². The molecule has 0 fully saturated rings. The van der Waals surface area contributed by atoms with E-state index in [2.05, 4.69) is 6.92 Å².